The van der Waals surface area contributed by atoms with E-state index in [9.17, 15) is 4.79 Å². The number of halogens is 1. The molecule has 0 aliphatic heterocycles. The molecule has 0 spiro atoms. The molecule has 2 aromatic rings. The number of amides is 1. The molecule has 0 unspecified atom stereocenters. The Bertz CT molecular complexity index is 667. The fourth-order valence-corrected chi connectivity index (χ4v) is 2.39. The summed E-state index contributed by atoms with van der Waals surface area (Å²) in [5.74, 6) is 1.29. The third-order valence-corrected chi connectivity index (χ3v) is 3.83. The summed E-state index contributed by atoms with van der Waals surface area (Å²) in [6, 6.07) is 8.88. The maximum atomic E-state index is 12.2. The van der Waals surface area contributed by atoms with Crippen molar-refractivity contribution in [3.63, 3.8) is 0 Å². The number of nitrogens with zero attached hydrogens (tertiary/aromatic N) is 3. The molecule has 0 bridgehead atoms. The number of hydrogen-bond acceptors (Lipinski definition) is 3. The number of aromatic nitrogens is 2. The van der Waals surface area contributed by atoms with Crippen molar-refractivity contribution in [3.8, 4) is 5.75 Å². The van der Waals surface area contributed by atoms with Crippen molar-refractivity contribution in [2.45, 2.75) is 19.6 Å². The molecule has 1 aliphatic rings. The summed E-state index contributed by atoms with van der Waals surface area (Å²) in [5, 5.41) is 4.88. The molecule has 1 aromatic heterocycles. The average molecular weight is 320 g/mol. The first-order chi connectivity index (χ1) is 10.6. The molecule has 1 amide bonds. The lowest BCUT2D eigenvalue weighted by Crippen LogP contribution is -2.29. The van der Waals surface area contributed by atoms with Gasteiger partial charge in [-0.05, 0) is 43.0 Å². The second-order valence-corrected chi connectivity index (χ2v) is 6.04. The molecule has 1 fully saturated rings. The number of ether oxygens (including phenoxy) is 1. The zero-order chi connectivity index (χ0) is 15.5. The predicted octanol–water partition coefficient (Wildman–Crippen LogP) is 3.06. The highest BCUT2D eigenvalue weighted by Crippen LogP contribution is 2.29. The van der Waals surface area contributed by atoms with E-state index in [2.05, 4.69) is 5.10 Å². The molecular formula is C16H18ClN3O2. The van der Waals surface area contributed by atoms with Gasteiger partial charge in [0.1, 0.15) is 11.4 Å². The van der Waals surface area contributed by atoms with Crippen molar-refractivity contribution in [1.82, 2.24) is 14.7 Å². The van der Waals surface area contributed by atoms with Crippen LogP contribution in [0.5, 0.6) is 5.75 Å². The first-order valence-corrected chi connectivity index (χ1v) is 7.67. The largest absolute Gasteiger partial charge is 0.471 e. The third kappa shape index (κ3) is 3.80. The lowest BCUT2D eigenvalue weighted by Gasteiger charge is -2.14. The minimum absolute atomic E-state index is 0.0478. The predicted molar refractivity (Wildman–Crippen MR) is 84.0 cm³/mol. The summed E-state index contributed by atoms with van der Waals surface area (Å²) < 4.78 is 7.19. The standard InChI is InChI=1S/C16H18ClN3O2/c1-19(10-12-5-6-12)16(21)15-7-8-20(18-15)11-22-14-4-2-3-13(17)9-14/h2-4,7-9,12H,5-6,10-11H2,1H3. The molecule has 0 atom stereocenters. The van der Waals surface area contributed by atoms with E-state index < -0.39 is 0 Å². The van der Waals surface area contributed by atoms with E-state index in [1.165, 1.54) is 12.8 Å². The summed E-state index contributed by atoms with van der Waals surface area (Å²) in [6.07, 6.45) is 4.18. The van der Waals surface area contributed by atoms with Gasteiger partial charge in [0, 0.05) is 24.8 Å². The Kier molecular flexibility index (Phi) is 4.34. The highest BCUT2D eigenvalue weighted by Gasteiger charge is 2.26. The third-order valence-electron chi connectivity index (χ3n) is 3.60. The number of hydrogen-bond donors (Lipinski definition) is 0. The molecule has 1 aromatic carbocycles. The van der Waals surface area contributed by atoms with Gasteiger partial charge in [-0.1, -0.05) is 17.7 Å². The van der Waals surface area contributed by atoms with Crippen LogP contribution >= 0.6 is 11.6 Å². The number of carbonyl (C=O) groups is 1. The minimum Gasteiger partial charge on any atom is -0.471 e. The Balaban J connectivity index is 1.57. The van der Waals surface area contributed by atoms with E-state index >= 15 is 0 Å². The normalized spacial score (nSPS) is 13.9. The Morgan fingerprint density at radius 2 is 2.27 bits per heavy atom. The van der Waals surface area contributed by atoms with E-state index in [-0.39, 0.29) is 12.6 Å². The first-order valence-electron chi connectivity index (χ1n) is 7.29. The fourth-order valence-electron chi connectivity index (χ4n) is 2.21. The summed E-state index contributed by atoms with van der Waals surface area (Å²) in [4.78, 5) is 14.0. The molecule has 6 heteroatoms. The molecule has 0 saturated heterocycles. The second-order valence-electron chi connectivity index (χ2n) is 5.60. The molecule has 3 rings (SSSR count). The molecule has 5 nitrogen and oxygen atoms in total. The van der Waals surface area contributed by atoms with Crippen molar-refractivity contribution in [2.75, 3.05) is 13.6 Å². The van der Waals surface area contributed by atoms with Crippen molar-refractivity contribution < 1.29 is 9.53 Å². The molecule has 22 heavy (non-hydrogen) atoms. The van der Waals surface area contributed by atoms with Gasteiger partial charge in [0.15, 0.2) is 6.73 Å². The van der Waals surface area contributed by atoms with Gasteiger partial charge < -0.3 is 9.64 Å². The first kappa shape index (κ1) is 14.9. The zero-order valence-electron chi connectivity index (χ0n) is 12.4. The van der Waals surface area contributed by atoms with Gasteiger partial charge in [0.25, 0.3) is 5.91 Å². The maximum Gasteiger partial charge on any atom is 0.274 e. The van der Waals surface area contributed by atoms with Crippen LogP contribution < -0.4 is 4.74 Å². The number of benzene rings is 1. The second kappa shape index (κ2) is 6.40. The van der Waals surface area contributed by atoms with Crippen LogP contribution in [0.4, 0.5) is 0 Å². The fraction of sp³-hybridized carbons (Fsp3) is 0.375. The van der Waals surface area contributed by atoms with Crippen LogP contribution in [0.2, 0.25) is 5.02 Å². The van der Waals surface area contributed by atoms with E-state index in [0.717, 1.165) is 6.54 Å². The van der Waals surface area contributed by atoms with Gasteiger partial charge in [0.2, 0.25) is 0 Å². The van der Waals surface area contributed by atoms with Crippen molar-refractivity contribution >= 4 is 17.5 Å². The topological polar surface area (TPSA) is 47.4 Å². The van der Waals surface area contributed by atoms with Crippen molar-refractivity contribution in [1.29, 1.82) is 0 Å². The molecule has 0 N–H and O–H groups in total. The van der Waals surface area contributed by atoms with Gasteiger partial charge in [-0.3, -0.25) is 4.79 Å². The van der Waals surface area contributed by atoms with Crippen LogP contribution in [-0.2, 0) is 6.73 Å². The smallest absolute Gasteiger partial charge is 0.274 e. The highest BCUT2D eigenvalue weighted by molar-refractivity contribution is 6.30. The molecule has 1 saturated carbocycles. The zero-order valence-corrected chi connectivity index (χ0v) is 13.2. The van der Waals surface area contributed by atoms with Crippen LogP contribution in [0.15, 0.2) is 36.5 Å². The van der Waals surface area contributed by atoms with Crippen molar-refractivity contribution in [3.05, 3.63) is 47.2 Å². The van der Waals surface area contributed by atoms with Gasteiger partial charge in [-0.2, -0.15) is 5.10 Å². The van der Waals surface area contributed by atoms with E-state index in [1.807, 2.05) is 19.2 Å². The monoisotopic (exact) mass is 319 g/mol. The van der Waals surface area contributed by atoms with Crippen LogP contribution in [0.25, 0.3) is 0 Å². The summed E-state index contributed by atoms with van der Waals surface area (Å²) in [7, 11) is 1.82. The van der Waals surface area contributed by atoms with Gasteiger partial charge in [-0.25, -0.2) is 4.68 Å². The Labute approximate surface area is 134 Å². The van der Waals surface area contributed by atoms with Crippen molar-refractivity contribution in [2.24, 2.45) is 5.92 Å². The van der Waals surface area contributed by atoms with Gasteiger partial charge >= 0.3 is 0 Å². The quantitative estimate of drug-likeness (QED) is 0.822. The molecular weight excluding hydrogens is 302 g/mol. The van der Waals surface area contributed by atoms with E-state index in [4.69, 9.17) is 16.3 Å². The average Bonchev–Trinajstić information content (AvgIpc) is 3.19. The molecule has 0 radical (unpaired) electrons. The van der Waals surface area contributed by atoms with Gasteiger partial charge in [-0.15, -0.1) is 0 Å². The number of carbonyl (C=O) groups excluding carboxylic acids is 1. The summed E-state index contributed by atoms with van der Waals surface area (Å²) in [6.45, 7) is 1.05. The minimum atomic E-state index is -0.0478. The molecule has 1 aliphatic carbocycles. The molecule has 1 heterocycles. The maximum absolute atomic E-state index is 12.2. The Morgan fingerprint density at radius 1 is 1.45 bits per heavy atom. The van der Waals surface area contributed by atoms with E-state index in [1.54, 1.807) is 34.0 Å². The van der Waals surface area contributed by atoms with Crippen LogP contribution in [-0.4, -0.2) is 34.2 Å². The Hall–Kier alpha value is -2.01. The lowest BCUT2D eigenvalue weighted by molar-refractivity contribution is 0.0780. The SMILES string of the molecule is CN(CC1CC1)C(=O)c1ccn(COc2cccc(Cl)c2)n1. The van der Waals surface area contributed by atoms with E-state index in [0.29, 0.717) is 22.4 Å². The summed E-state index contributed by atoms with van der Waals surface area (Å²) in [5.41, 5.74) is 0.442. The summed E-state index contributed by atoms with van der Waals surface area (Å²) >= 11 is 5.90. The molecule has 116 valence electrons. The van der Waals surface area contributed by atoms with Crippen LogP contribution in [0, 0.1) is 5.92 Å². The van der Waals surface area contributed by atoms with Gasteiger partial charge in [0.05, 0.1) is 0 Å². The highest BCUT2D eigenvalue weighted by atomic mass is 35.5. The Morgan fingerprint density at radius 3 is 3.00 bits per heavy atom. The van der Waals surface area contributed by atoms with Crippen LogP contribution in [0.3, 0.4) is 0 Å². The van der Waals surface area contributed by atoms with Crippen LogP contribution in [0.1, 0.15) is 23.3 Å². The number of rotatable bonds is 6. The lowest BCUT2D eigenvalue weighted by atomic mass is 10.3.